The van der Waals surface area contributed by atoms with Crippen molar-refractivity contribution in [3.05, 3.63) is 0 Å². The number of hydrogen-bond donors (Lipinski definition) is 0. The topological polar surface area (TPSA) is 0 Å². The summed E-state index contributed by atoms with van der Waals surface area (Å²) in [6, 6.07) is 0. The number of hydrogen-bond acceptors (Lipinski definition) is 0. The molecule has 0 bridgehead atoms. The van der Waals surface area contributed by atoms with Gasteiger partial charge in [-0.3, -0.25) is 0 Å². The zero-order valence-electron chi connectivity index (χ0n) is 1.51. The standard InChI is InChI=1S/Cl.3FH/h;3*1H/p-3. The molecule has 0 aliphatic carbocycles. The maximum absolute atomic E-state index is 0. The third kappa shape index (κ3) is 379. The fraction of sp³-hybridized carbons (Fsp3) is 0. The van der Waals surface area contributed by atoms with Crippen molar-refractivity contribution in [3.63, 3.8) is 0 Å². The number of halogens is 4. The molecular weight excluding hydrogens is 92.4 g/mol. The molecule has 0 aliphatic rings. The zero-order valence-corrected chi connectivity index (χ0v) is 2.27. The molecule has 0 saturated heterocycles. The maximum Gasteiger partial charge on any atom is 0 e. The van der Waals surface area contributed by atoms with Gasteiger partial charge in [-0.1, -0.05) is 0 Å². The summed E-state index contributed by atoms with van der Waals surface area (Å²) in [6.45, 7) is 0. The van der Waals surface area contributed by atoms with Gasteiger partial charge in [0.1, 0.15) is 0 Å². The quantitative estimate of drug-likeness (QED) is 0.278. The normalized spacial score (nSPS) is 0. The van der Waals surface area contributed by atoms with Crippen LogP contribution in [0.25, 0.3) is 0 Å². The zero-order chi connectivity index (χ0) is 0. The van der Waals surface area contributed by atoms with E-state index in [-0.39, 0.29) is 26.5 Å². The molecule has 4 heavy (non-hydrogen) atoms. The van der Waals surface area contributed by atoms with E-state index in [1.165, 1.54) is 0 Å². The van der Waals surface area contributed by atoms with Gasteiger partial charge in [-0.05, 0) is 0 Å². The molecule has 4 heteroatoms. The van der Waals surface area contributed by atoms with E-state index in [1.54, 1.807) is 0 Å². The lowest BCUT2D eigenvalue weighted by atomic mass is 19.0. The second kappa shape index (κ2) is 2080. The highest BCUT2D eigenvalue weighted by molar-refractivity contribution is 5.85. The minimum Gasteiger partial charge on any atom is -1.00 e. The SMILES string of the molecule is [Cl].[F-].[F-].[F-]. The van der Waals surface area contributed by atoms with Crippen LogP contribution in [0.1, 0.15) is 0 Å². The van der Waals surface area contributed by atoms with Gasteiger partial charge in [0.25, 0.3) is 0 Å². The summed E-state index contributed by atoms with van der Waals surface area (Å²) in [5, 5.41) is 0. The molecule has 0 aromatic rings. The molecule has 1 radical (unpaired) electrons. The van der Waals surface area contributed by atoms with E-state index in [1.807, 2.05) is 0 Å². The van der Waals surface area contributed by atoms with E-state index in [2.05, 4.69) is 0 Å². The average molecular weight is 92.4 g/mol. The van der Waals surface area contributed by atoms with Crippen LogP contribution in [0.5, 0.6) is 0 Å². The molecule has 0 saturated carbocycles. The van der Waals surface area contributed by atoms with Gasteiger partial charge in [0, 0.05) is 12.4 Å². The fourth-order valence-electron chi connectivity index (χ4n) is 0. The van der Waals surface area contributed by atoms with Crippen LogP contribution in [0.15, 0.2) is 0 Å². The predicted octanol–water partition coefficient (Wildman–Crippen LogP) is -8.30. The molecule has 0 nitrogen and oxygen atoms in total. The first-order valence-electron chi connectivity index (χ1n) is 0. The lowest BCUT2D eigenvalue weighted by molar-refractivity contribution is -0.00100. The molecule has 0 aliphatic heterocycles. The molecule has 0 heterocycles. The molecule has 0 rings (SSSR count). The minimum absolute atomic E-state index is 0. The molecular formula is ClF3-3. The van der Waals surface area contributed by atoms with Crippen LogP contribution in [-0.4, -0.2) is 0 Å². The van der Waals surface area contributed by atoms with Crippen LogP contribution in [0.3, 0.4) is 0 Å². The Labute approximate surface area is 27.7 Å². The van der Waals surface area contributed by atoms with E-state index in [4.69, 9.17) is 0 Å². The van der Waals surface area contributed by atoms with Crippen molar-refractivity contribution in [1.82, 2.24) is 0 Å². The molecule has 31 valence electrons. The molecule has 0 fully saturated rings. The lowest BCUT2D eigenvalue weighted by Gasteiger charge is -1.00. The van der Waals surface area contributed by atoms with E-state index in [0.29, 0.717) is 0 Å². The first-order valence-corrected chi connectivity index (χ1v) is 0. The second-order valence-electron chi connectivity index (χ2n) is 0. The van der Waals surface area contributed by atoms with Gasteiger partial charge in [0.05, 0.1) is 0 Å². The molecule has 0 unspecified atom stereocenters. The van der Waals surface area contributed by atoms with Crippen molar-refractivity contribution in [2.24, 2.45) is 0 Å². The number of rotatable bonds is 0. The summed E-state index contributed by atoms with van der Waals surface area (Å²) in [4.78, 5) is 0. The van der Waals surface area contributed by atoms with E-state index in [0.717, 1.165) is 0 Å². The van der Waals surface area contributed by atoms with Gasteiger partial charge in [0.15, 0.2) is 0 Å². The largest absolute Gasteiger partial charge is 1.00 e. The fourth-order valence-corrected chi connectivity index (χ4v) is 0. The summed E-state index contributed by atoms with van der Waals surface area (Å²) < 4.78 is 0. The van der Waals surface area contributed by atoms with Gasteiger partial charge in [-0.25, -0.2) is 0 Å². The summed E-state index contributed by atoms with van der Waals surface area (Å²) in [6.07, 6.45) is 0. The molecule has 0 spiro atoms. The first-order chi connectivity index (χ1) is 0. The van der Waals surface area contributed by atoms with Crippen LogP contribution in [-0.2, 0) is 0 Å². The maximum atomic E-state index is 0. The van der Waals surface area contributed by atoms with Crippen molar-refractivity contribution >= 4 is 12.4 Å². The second-order valence-corrected chi connectivity index (χ2v) is 0. The monoisotopic (exact) mass is 92.0 g/mol. The van der Waals surface area contributed by atoms with Crippen LogP contribution >= 0.6 is 12.4 Å². The molecule has 0 amide bonds. The van der Waals surface area contributed by atoms with Crippen molar-refractivity contribution in [2.75, 3.05) is 0 Å². The van der Waals surface area contributed by atoms with Crippen molar-refractivity contribution in [2.45, 2.75) is 0 Å². The smallest absolute Gasteiger partial charge is 0 e. The highest BCUT2D eigenvalue weighted by Crippen LogP contribution is 0.690. The van der Waals surface area contributed by atoms with Crippen LogP contribution in [0, 0.1) is 0 Å². The van der Waals surface area contributed by atoms with Gasteiger partial charge in [0.2, 0.25) is 0 Å². The molecule has 0 N–H and O–H groups in total. The molecule has 0 aromatic carbocycles. The highest BCUT2D eigenvalue weighted by atomic mass is 35.5. The third-order valence-corrected chi connectivity index (χ3v) is 0. The summed E-state index contributed by atoms with van der Waals surface area (Å²) in [5.41, 5.74) is 0. The third-order valence-electron chi connectivity index (χ3n) is 0. The average Bonchev–Trinajstić information content (AvgIpc) is 0. The van der Waals surface area contributed by atoms with Crippen LogP contribution in [0.2, 0.25) is 0 Å². The van der Waals surface area contributed by atoms with E-state index >= 15 is 0 Å². The van der Waals surface area contributed by atoms with Crippen LogP contribution in [0.4, 0.5) is 0 Å². The van der Waals surface area contributed by atoms with Crippen molar-refractivity contribution < 1.29 is 14.1 Å². The Kier molecular flexibility index (Phi) is 3150000. The van der Waals surface area contributed by atoms with Crippen LogP contribution < -0.4 is 14.1 Å². The summed E-state index contributed by atoms with van der Waals surface area (Å²) in [7, 11) is 0. The minimum atomic E-state index is 0. The Morgan fingerprint density at radius 3 is 0.500 bits per heavy atom. The predicted molar refractivity (Wildman–Crippen MR) is 5.85 cm³/mol. The van der Waals surface area contributed by atoms with E-state index < -0.39 is 0 Å². The Hall–Kier alpha value is 0.0800. The highest BCUT2D eigenvalue weighted by Gasteiger charge is 0.00000301. The molecule has 0 atom stereocenters. The van der Waals surface area contributed by atoms with Gasteiger partial charge in [-0.15, -0.1) is 0 Å². The summed E-state index contributed by atoms with van der Waals surface area (Å²) >= 11 is 0. The first kappa shape index (κ1) is 6050. The van der Waals surface area contributed by atoms with Gasteiger partial charge < -0.3 is 14.1 Å². The van der Waals surface area contributed by atoms with Gasteiger partial charge >= 0.3 is 0 Å². The van der Waals surface area contributed by atoms with Crippen molar-refractivity contribution in [1.29, 1.82) is 0 Å². The van der Waals surface area contributed by atoms with Crippen molar-refractivity contribution in [3.8, 4) is 0 Å². The Morgan fingerprint density at radius 2 is 0.500 bits per heavy atom. The lowest BCUT2D eigenvalue weighted by Crippen LogP contribution is -3.00. The van der Waals surface area contributed by atoms with Gasteiger partial charge in [-0.2, -0.15) is 0 Å². The Balaban J connectivity index is 0. The Morgan fingerprint density at radius 1 is 0.500 bits per heavy atom. The van der Waals surface area contributed by atoms with E-state index in [9.17, 15) is 0 Å². The summed E-state index contributed by atoms with van der Waals surface area (Å²) in [5.74, 6) is 0. The Bertz CT molecular complexity index is 3.25. The molecule has 0 aromatic heterocycles.